The molecule has 0 amide bonds. The van der Waals surface area contributed by atoms with E-state index < -0.39 is 0 Å². The Morgan fingerprint density at radius 3 is 3.13 bits per heavy atom. The summed E-state index contributed by atoms with van der Waals surface area (Å²) in [5, 5.41) is 3.14. The number of nitrogens with zero attached hydrogens (tertiary/aromatic N) is 1. The van der Waals surface area contributed by atoms with Crippen LogP contribution in [0, 0.1) is 0 Å². The molecule has 2 rings (SSSR count). The number of aromatic nitrogens is 2. The molecular formula is C11H13N3O. The summed E-state index contributed by atoms with van der Waals surface area (Å²) in [5.41, 5.74) is 0.955. The van der Waals surface area contributed by atoms with Gasteiger partial charge in [0.25, 0.3) is 0 Å². The van der Waals surface area contributed by atoms with Gasteiger partial charge in [0.15, 0.2) is 0 Å². The lowest BCUT2D eigenvalue weighted by Gasteiger charge is -2.06. The third-order valence-electron chi connectivity index (χ3n) is 1.91. The highest BCUT2D eigenvalue weighted by Crippen LogP contribution is 2.19. The molecule has 0 bridgehead atoms. The average molecular weight is 203 g/mol. The molecule has 78 valence electrons. The minimum atomic E-state index is 0.671. The highest BCUT2D eigenvalue weighted by Gasteiger charge is 1.97. The molecule has 0 saturated heterocycles. The maximum absolute atomic E-state index is 5.40. The maximum Gasteiger partial charge on any atom is 0.204 e. The number of imidazole rings is 1. The van der Waals surface area contributed by atoms with Crippen LogP contribution in [0.15, 0.2) is 36.7 Å². The zero-order valence-corrected chi connectivity index (χ0v) is 8.53. The number of hydrogen-bond acceptors (Lipinski definition) is 3. The van der Waals surface area contributed by atoms with Crippen LogP contribution in [0.3, 0.4) is 0 Å². The van der Waals surface area contributed by atoms with Crippen molar-refractivity contribution in [3.63, 3.8) is 0 Å². The molecular weight excluding hydrogens is 190 g/mol. The van der Waals surface area contributed by atoms with Crippen LogP contribution in [0.25, 0.3) is 0 Å². The molecule has 0 radical (unpaired) electrons. The summed E-state index contributed by atoms with van der Waals surface area (Å²) < 4.78 is 5.40. The molecule has 0 fully saturated rings. The second-order valence-corrected chi connectivity index (χ2v) is 3.02. The summed E-state index contributed by atoms with van der Waals surface area (Å²) in [6.45, 7) is 2.64. The molecule has 0 aliphatic carbocycles. The zero-order chi connectivity index (χ0) is 10.5. The number of H-pyrrole nitrogens is 1. The standard InChI is InChI=1S/C11H13N3O/c1-2-15-10-5-3-4-9(8-10)14-11-12-6-7-13-11/h3-8H,2H2,1H3,(H2,12,13,14). The van der Waals surface area contributed by atoms with Crippen molar-refractivity contribution in [2.45, 2.75) is 6.92 Å². The van der Waals surface area contributed by atoms with E-state index in [1.54, 1.807) is 12.4 Å². The first-order valence-electron chi connectivity index (χ1n) is 4.88. The Kier molecular flexibility index (Phi) is 2.88. The van der Waals surface area contributed by atoms with Gasteiger partial charge in [-0.15, -0.1) is 0 Å². The van der Waals surface area contributed by atoms with Gasteiger partial charge in [0, 0.05) is 24.1 Å². The average Bonchev–Trinajstić information content (AvgIpc) is 2.71. The van der Waals surface area contributed by atoms with Crippen molar-refractivity contribution in [2.24, 2.45) is 0 Å². The van der Waals surface area contributed by atoms with Gasteiger partial charge < -0.3 is 15.0 Å². The zero-order valence-electron chi connectivity index (χ0n) is 8.53. The largest absolute Gasteiger partial charge is 0.494 e. The van der Waals surface area contributed by atoms with Gasteiger partial charge in [-0.25, -0.2) is 4.98 Å². The van der Waals surface area contributed by atoms with Gasteiger partial charge in [0.05, 0.1) is 6.61 Å². The summed E-state index contributed by atoms with van der Waals surface area (Å²) in [7, 11) is 0. The number of hydrogen-bond donors (Lipinski definition) is 2. The summed E-state index contributed by atoms with van der Waals surface area (Å²) in [5.74, 6) is 1.58. The van der Waals surface area contributed by atoms with E-state index in [0.717, 1.165) is 17.4 Å². The topological polar surface area (TPSA) is 49.9 Å². The van der Waals surface area contributed by atoms with Crippen LogP contribution >= 0.6 is 0 Å². The van der Waals surface area contributed by atoms with Crippen molar-refractivity contribution < 1.29 is 4.74 Å². The van der Waals surface area contributed by atoms with Crippen molar-refractivity contribution in [2.75, 3.05) is 11.9 Å². The Labute approximate surface area is 88.3 Å². The van der Waals surface area contributed by atoms with Crippen molar-refractivity contribution in [1.29, 1.82) is 0 Å². The molecule has 0 atom stereocenters. The first kappa shape index (κ1) is 9.58. The Hall–Kier alpha value is -1.97. The van der Waals surface area contributed by atoms with E-state index in [4.69, 9.17) is 4.74 Å². The number of nitrogens with one attached hydrogen (secondary N) is 2. The quantitative estimate of drug-likeness (QED) is 0.802. The molecule has 15 heavy (non-hydrogen) atoms. The molecule has 4 heteroatoms. The van der Waals surface area contributed by atoms with Gasteiger partial charge in [-0.1, -0.05) is 6.07 Å². The second-order valence-electron chi connectivity index (χ2n) is 3.02. The summed E-state index contributed by atoms with van der Waals surface area (Å²) in [6.07, 6.45) is 3.48. The molecule has 0 spiro atoms. The first-order valence-corrected chi connectivity index (χ1v) is 4.88. The monoisotopic (exact) mass is 203 g/mol. The van der Waals surface area contributed by atoms with Crippen molar-refractivity contribution in [3.05, 3.63) is 36.7 Å². The summed E-state index contributed by atoms with van der Waals surface area (Å²) in [6, 6.07) is 7.77. The molecule has 0 aliphatic heterocycles. The number of rotatable bonds is 4. The lowest BCUT2D eigenvalue weighted by Crippen LogP contribution is -1.94. The van der Waals surface area contributed by atoms with Crippen LogP contribution in [0.1, 0.15) is 6.92 Å². The predicted molar refractivity (Wildman–Crippen MR) is 59.5 cm³/mol. The van der Waals surface area contributed by atoms with Gasteiger partial charge in [0.1, 0.15) is 5.75 Å². The lowest BCUT2D eigenvalue weighted by atomic mass is 10.3. The molecule has 0 unspecified atom stereocenters. The Bertz CT molecular complexity index is 412. The van der Waals surface area contributed by atoms with Gasteiger partial charge in [-0.2, -0.15) is 0 Å². The number of ether oxygens (including phenoxy) is 1. The van der Waals surface area contributed by atoms with Crippen LogP contribution < -0.4 is 10.1 Å². The second kappa shape index (κ2) is 4.50. The molecule has 1 heterocycles. The molecule has 2 aromatic rings. The first-order chi connectivity index (χ1) is 7.38. The Morgan fingerprint density at radius 2 is 2.40 bits per heavy atom. The third-order valence-corrected chi connectivity index (χ3v) is 1.91. The normalized spacial score (nSPS) is 9.93. The highest BCUT2D eigenvalue weighted by molar-refractivity contribution is 5.55. The van der Waals surface area contributed by atoms with Crippen molar-refractivity contribution in [1.82, 2.24) is 9.97 Å². The molecule has 0 aliphatic rings. The van der Waals surface area contributed by atoms with E-state index >= 15 is 0 Å². The van der Waals surface area contributed by atoms with Crippen molar-refractivity contribution in [3.8, 4) is 5.75 Å². The van der Waals surface area contributed by atoms with E-state index in [2.05, 4.69) is 15.3 Å². The van der Waals surface area contributed by atoms with E-state index in [-0.39, 0.29) is 0 Å². The number of aromatic amines is 1. The van der Waals surface area contributed by atoms with E-state index in [9.17, 15) is 0 Å². The fourth-order valence-electron chi connectivity index (χ4n) is 1.30. The molecule has 1 aromatic carbocycles. The molecule has 1 aromatic heterocycles. The minimum Gasteiger partial charge on any atom is -0.494 e. The van der Waals surface area contributed by atoms with Crippen LogP contribution in [-0.4, -0.2) is 16.6 Å². The van der Waals surface area contributed by atoms with E-state index in [1.807, 2.05) is 31.2 Å². The molecule has 0 saturated carbocycles. The summed E-state index contributed by atoms with van der Waals surface area (Å²) >= 11 is 0. The lowest BCUT2D eigenvalue weighted by molar-refractivity contribution is 0.340. The molecule has 2 N–H and O–H groups in total. The third kappa shape index (κ3) is 2.49. The van der Waals surface area contributed by atoms with Crippen LogP contribution in [0.2, 0.25) is 0 Å². The van der Waals surface area contributed by atoms with Crippen LogP contribution in [-0.2, 0) is 0 Å². The van der Waals surface area contributed by atoms with Crippen LogP contribution in [0.5, 0.6) is 5.75 Å². The SMILES string of the molecule is CCOc1cccc(Nc2ncc[nH]2)c1. The molecule has 4 nitrogen and oxygen atoms in total. The van der Waals surface area contributed by atoms with Gasteiger partial charge >= 0.3 is 0 Å². The minimum absolute atomic E-state index is 0.671. The fraction of sp³-hybridized carbons (Fsp3) is 0.182. The van der Waals surface area contributed by atoms with Gasteiger partial charge in [-0.05, 0) is 19.1 Å². The van der Waals surface area contributed by atoms with Crippen molar-refractivity contribution >= 4 is 11.6 Å². The van der Waals surface area contributed by atoms with Gasteiger partial charge in [-0.3, -0.25) is 0 Å². The van der Waals surface area contributed by atoms with E-state index in [1.165, 1.54) is 0 Å². The highest BCUT2D eigenvalue weighted by atomic mass is 16.5. The fourth-order valence-corrected chi connectivity index (χ4v) is 1.30. The number of benzene rings is 1. The number of anilines is 2. The van der Waals surface area contributed by atoms with Crippen LogP contribution in [0.4, 0.5) is 11.6 Å². The van der Waals surface area contributed by atoms with Gasteiger partial charge in [0.2, 0.25) is 5.95 Å². The Balaban J connectivity index is 2.11. The Morgan fingerprint density at radius 1 is 1.47 bits per heavy atom. The summed E-state index contributed by atoms with van der Waals surface area (Å²) in [4.78, 5) is 7.05. The smallest absolute Gasteiger partial charge is 0.204 e. The van der Waals surface area contributed by atoms with E-state index in [0.29, 0.717) is 6.61 Å². The maximum atomic E-state index is 5.40. The predicted octanol–water partition coefficient (Wildman–Crippen LogP) is 2.55.